The largest absolute Gasteiger partial charge is 0.497 e. The number of hydrogen-bond acceptors (Lipinski definition) is 6. The second-order valence-corrected chi connectivity index (χ2v) is 10.1. The Hall–Kier alpha value is -3.44. The van der Waals surface area contributed by atoms with Gasteiger partial charge in [-0.1, -0.05) is 18.2 Å². The highest BCUT2D eigenvalue weighted by Crippen LogP contribution is 2.25. The van der Waals surface area contributed by atoms with E-state index in [0.717, 1.165) is 0 Å². The molecule has 0 bridgehead atoms. The minimum Gasteiger partial charge on any atom is -0.497 e. The summed E-state index contributed by atoms with van der Waals surface area (Å²) in [4.78, 5) is 38.2. The maximum atomic E-state index is 13.1. The molecule has 2 N–H and O–H groups in total. The second-order valence-electron chi connectivity index (χ2n) is 8.19. The summed E-state index contributed by atoms with van der Waals surface area (Å²) >= 11 is 0. The fraction of sp³-hybridized carbons (Fsp3) is 0.375. The van der Waals surface area contributed by atoms with E-state index in [9.17, 15) is 27.9 Å². The molecular formula is C24H29N3O7S. The average Bonchev–Trinajstić information content (AvgIpc) is 2.86. The Labute approximate surface area is 204 Å². The molecule has 1 aliphatic rings. The van der Waals surface area contributed by atoms with Crippen LogP contribution in [0.15, 0.2) is 53.4 Å². The number of amides is 2. The Bertz CT molecular complexity index is 1180. The molecule has 2 aromatic rings. The summed E-state index contributed by atoms with van der Waals surface area (Å²) in [5, 5.41) is 11.9. The molecule has 1 atom stereocenters. The Balaban J connectivity index is 1.55. The number of methoxy groups -OCH3 is 1. The summed E-state index contributed by atoms with van der Waals surface area (Å²) in [7, 11) is -2.22. The van der Waals surface area contributed by atoms with E-state index in [2.05, 4.69) is 5.32 Å². The summed E-state index contributed by atoms with van der Waals surface area (Å²) < 4.78 is 32.6. The maximum Gasteiger partial charge on any atom is 0.326 e. The number of aliphatic carboxylic acids is 1. The van der Waals surface area contributed by atoms with Crippen molar-refractivity contribution in [1.29, 1.82) is 0 Å². The van der Waals surface area contributed by atoms with Crippen molar-refractivity contribution in [3.63, 3.8) is 0 Å². The Kier molecular flexibility index (Phi) is 8.47. The molecule has 1 fully saturated rings. The quantitative estimate of drug-likeness (QED) is 0.530. The third kappa shape index (κ3) is 6.37. The van der Waals surface area contributed by atoms with Crippen molar-refractivity contribution in [2.75, 3.05) is 33.3 Å². The van der Waals surface area contributed by atoms with Gasteiger partial charge in [0.2, 0.25) is 15.9 Å². The predicted molar refractivity (Wildman–Crippen MR) is 128 cm³/mol. The van der Waals surface area contributed by atoms with Crippen LogP contribution in [0.5, 0.6) is 5.75 Å². The lowest BCUT2D eigenvalue weighted by molar-refractivity contribution is -0.139. The number of sulfonamides is 1. The number of nitrogens with zero attached hydrogens (tertiary/aromatic N) is 2. The Morgan fingerprint density at radius 1 is 1.06 bits per heavy atom. The molecule has 0 saturated carbocycles. The van der Waals surface area contributed by atoms with Crippen LogP contribution >= 0.6 is 0 Å². The van der Waals surface area contributed by atoms with E-state index < -0.39 is 27.9 Å². The van der Waals surface area contributed by atoms with Gasteiger partial charge in [0, 0.05) is 38.2 Å². The molecular weight excluding hydrogens is 474 g/mol. The van der Waals surface area contributed by atoms with Gasteiger partial charge in [0.1, 0.15) is 11.8 Å². The number of benzene rings is 2. The molecule has 2 aromatic carbocycles. The molecule has 188 valence electrons. The molecule has 0 unspecified atom stereocenters. The van der Waals surface area contributed by atoms with E-state index in [1.54, 1.807) is 49.4 Å². The van der Waals surface area contributed by atoms with Crippen molar-refractivity contribution in [2.45, 2.75) is 30.7 Å². The van der Waals surface area contributed by atoms with Gasteiger partial charge in [0.05, 0.1) is 12.0 Å². The normalized spacial score (nSPS) is 15.3. The van der Waals surface area contributed by atoms with Gasteiger partial charge in [-0.05, 0) is 49.2 Å². The third-order valence-electron chi connectivity index (χ3n) is 5.88. The molecule has 1 heterocycles. The van der Waals surface area contributed by atoms with Gasteiger partial charge in [-0.3, -0.25) is 9.59 Å². The summed E-state index contributed by atoms with van der Waals surface area (Å²) in [6.45, 7) is 2.35. The number of hydrogen-bond donors (Lipinski definition) is 2. The summed E-state index contributed by atoms with van der Waals surface area (Å²) in [5.41, 5.74) is 0.898. The van der Waals surface area contributed by atoms with Crippen LogP contribution in [0.4, 0.5) is 0 Å². The van der Waals surface area contributed by atoms with Crippen LogP contribution in [0.3, 0.4) is 0 Å². The second kappa shape index (κ2) is 11.3. The third-order valence-corrected chi connectivity index (χ3v) is 7.94. The van der Waals surface area contributed by atoms with Crippen LogP contribution in [0.1, 0.15) is 28.8 Å². The first-order valence-electron chi connectivity index (χ1n) is 11.1. The average molecular weight is 504 g/mol. The van der Waals surface area contributed by atoms with E-state index in [1.165, 1.54) is 22.4 Å². The smallest absolute Gasteiger partial charge is 0.326 e. The number of carboxylic acid groups (broad SMARTS) is 1. The number of nitrogens with one attached hydrogen (secondary N) is 1. The van der Waals surface area contributed by atoms with E-state index in [1.807, 2.05) is 0 Å². The molecule has 0 spiro atoms. The van der Waals surface area contributed by atoms with Crippen molar-refractivity contribution in [2.24, 2.45) is 0 Å². The fourth-order valence-electron chi connectivity index (χ4n) is 3.87. The minimum absolute atomic E-state index is 0.0731. The number of rotatable bonds is 9. The van der Waals surface area contributed by atoms with Crippen molar-refractivity contribution >= 4 is 27.8 Å². The molecule has 10 nitrogen and oxygen atoms in total. The van der Waals surface area contributed by atoms with Crippen molar-refractivity contribution in [3.05, 3.63) is 59.7 Å². The maximum absolute atomic E-state index is 13.1. The summed E-state index contributed by atoms with van der Waals surface area (Å²) in [6, 6.07) is 11.8. The summed E-state index contributed by atoms with van der Waals surface area (Å²) in [6.07, 6.45) is -0.160. The number of carbonyl (C=O) groups is 3. The number of piperazine rings is 1. The number of aryl methyl sites for hydroxylation is 1. The van der Waals surface area contributed by atoms with Gasteiger partial charge in [-0.25, -0.2) is 13.2 Å². The van der Waals surface area contributed by atoms with Crippen LogP contribution in [0.25, 0.3) is 0 Å². The zero-order chi connectivity index (χ0) is 25.6. The molecule has 0 radical (unpaired) electrons. The lowest BCUT2D eigenvalue weighted by Crippen LogP contribution is -2.51. The standard InChI is InChI=1S/C24H29N3O7S/c1-17-16-19(34-2)8-10-21(17)35(32,33)27-14-12-26(13-15-27)22(28)11-9-20(24(30)31)25-23(29)18-6-4-3-5-7-18/h3-8,10,16,20H,9,11-15H2,1-2H3,(H,25,29)(H,30,31)/t20-/m0/s1. The van der Waals surface area contributed by atoms with E-state index >= 15 is 0 Å². The molecule has 0 aliphatic carbocycles. The highest BCUT2D eigenvalue weighted by Gasteiger charge is 2.31. The molecule has 35 heavy (non-hydrogen) atoms. The van der Waals surface area contributed by atoms with E-state index in [-0.39, 0.29) is 49.8 Å². The summed E-state index contributed by atoms with van der Waals surface area (Å²) in [5.74, 6) is -1.48. The van der Waals surface area contributed by atoms with Gasteiger partial charge >= 0.3 is 5.97 Å². The zero-order valence-corrected chi connectivity index (χ0v) is 20.5. The van der Waals surface area contributed by atoms with Gasteiger partial charge in [0.15, 0.2) is 0 Å². The van der Waals surface area contributed by atoms with Crippen LogP contribution in [0.2, 0.25) is 0 Å². The number of carboxylic acids is 1. The Morgan fingerprint density at radius 3 is 2.29 bits per heavy atom. The van der Waals surface area contributed by atoms with E-state index in [0.29, 0.717) is 16.9 Å². The topological polar surface area (TPSA) is 133 Å². The first kappa shape index (κ1) is 26.2. The minimum atomic E-state index is -3.73. The fourth-order valence-corrected chi connectivity index (χ4v) is 5.50. The SMILES string of the molecule is COc1ccc(S(=O)(=O)N2CCN(C(=O)CC[C@H](NC(=O)c3ccccc3)C(=O)O)CC2)c(C)c1. The highest BCUT2D eigenvalue weighted by molar-refractivity contribution is 7.89. The Morgan fingerprint density at radius 2 is 1.71 bits per heavy atom. The molecule has 1 saturated heterocycles. The van der Waals surface area contributed by atoms with Crippen LogP contribution in [-0.2, 0) is 19.6 Å². The van der Waals surface area contributed by atoms with Gasteiger partial charge < -0.3 is 20.1 Å². The van der Waals surface area contributed by atoms with Crippen molar-refractivity contribution in [1.82, 2.24) is 14.5 Å². The number of ether oxygens (including phenoxy) is 1. The van der Waals surface area contributed by atoms with Crippen molar-refractivity contribution < 1.29 is 32.6 Å². The first-order chi connectivity index (χ1) is 16.6. The van der Waals surface area contributed by atoms with Crippen LogP contribution in [0, 0.1) is 6.92 Å². The number of carbonyl (C=O) groups excluding carboxylic acids is 2. The molecule has 1 aliphatic heterocycles. The lowest BCUT2D eigenvalue weighted by atomic mass is 10.1. The monoisotopic (exact) mass is 503 g/mol. The molecule has 3 rings (SSSR count). The van der Waals surface area contributed by atoms with E-state index in [4.69, 9.17) is 4.74 Å². The van der Waals surface area contributed by atoms with Gasteiger partial charge in [0.25, 0.3) is 5.91 Å². The molecule has 11 heteroatoms. The highest BCUT2D eigenvalue weighted by atomic mass is 32.2. The molecule has 0 aromatic heterocycles. The zero-order valence-electron chi connectivity index (χ0n) is 19.6. The van der Waals surface area contributed by atoms with Crippen molar-refractivity contribution in [3.8, 4) is 5.75 Å². The lowest BCUT2D eigenvalue weighted by Gasteiger charge is -2.34. The van der Waals surface area contributed by atoms with Gasteiger partial charge in [-0.2, -0.15) is 4.31 Å². The molecule has 2 amide bonds. The van der Waals surface area contributed by atoms with Crippen LogP contribution in [-0.4, -0.2) is 79.8 Å². The van der Waals surface area contributed by atoms with Crippen LogP contribution < -0.4 is 10.1 Å². The van der Waals surface area contributed by atoms with Gasteiger partial charge in [-0.15, -0.1) is 0 Å². The first-order valence-corrected chi connectivity index (χ1v) is 12.6. The predicted octanol–water partition coefficient (Wildman–Crippen LogP) is 1.50.